The van der Waals surface area contributed by atoms with Crippen LogP contribution in [-0.2, 0) is 4.74 Å². The molecule has 1 saturated heterocycles. The standard InChI is InChI=1S/C14H22N2O/c1-10-6-11(2)8-13(7-10)14(16-15)12-4-3-5-17-9-12/h6-8,12,14,16H,3-5,9,15H2,1-2H3. The fraction of sp³-hybridized carbons (Fsp3) is 0.571. The predicted octanol–water partition coefficient (Wildman–Crippen LogP) is 2.23. The normalized spacial score (nSPS) is 22.4. The van der Waals surface area contributed by atoms with Gasteiger partial charge in [0.15, 0.2) is 0 Å². The van der Waals surface area contributed by atoms with E-state index in [-0.39, 0.29) is 6.04 Å². The van der Waals surface area contributed by atoms with Gasteiger partial charge in [-0.15, -0.1) is 0 Å². The average molecular weight is 234 g/mol. The average Bonchev–Trinajstić information content (AvgIpc) is 2.30. The summed E-state index contributed by atoms with van der Waals surface area (Å²) >= 11 is 0. The van der Waals surface area contributed by atoms with E-state index in [1.807, 2.05) is 0 Å². The first-order chi connectivity index (χ1) is 8.20. The van der Waals surface area contributed by atoms with E-state index in [0.717, 1.165) is 19.6 Å². The van der Waals surface area contributed by atoms with Crippen LogP contribution in [0.4, 0.5) is 0 Å². The third-order valence-corrected chi connectivity index (χ3v) is 3.45. The summed E-state index contributed by atoms with van der Waals surface area (Å²) in [5.41, 5.74) is 6.82. The van der Waals surface area contributed by atoms with Gasteiger partial charge in [0.1, 0.15) is 0 Å². The predicted molar refractivity (Wildman–Crippen MR) is 69.5 cm³/mol. The van der Waals surface area contributed by atoms with Gasteiger partial charge in [-0.05, 0) is 32.3 Å². The first kappa shape index (κ1) is 12.6. The number of ether oxygens (including phenoxy) is 1. The first-order valence-electron chi connectivity index (χ1n) is 6.33. The van der Waals surface area contributed by atoms with E-state index in [1.54, 1.807) is 0 Å². The zero-order valence-corrected chi connectivity index (χ0v) is 10.7. The van der Waals surface area contributed by atoms with Crippen LogP contribution in [0.3, 0.4) is 0 Å². The molecule has 0 radical (unpaired) electrons. The molecule has 0 bridgehead atoms. The minimum absolute atomic E-state index is 0.203. The maximum atomic E-state index is 5.73. The third kappa shape index (κ3) is 3.06. The number of nitrogens with two attached hydrogens (primary N) is 1. The van der Waals surface area contributed by atoms with Gasteiger partial charge in [0.25, 0.3) is 0 Å². The molecular weight excluding hydrogens is 212 g/mol. The number of aryl methyl sites for hydroxylation is 2. The number of hydrogen-bond acceptors (Lipinski definition) is 3. The molecule has 1 aromatic rings. The van der Waals surface area contributed by atoms with Crippen molar-refractivity contribution in [3.05, 3.63) is 34.9 Å². The summed E-state index contributed by atoms with van der Waals surface area (Å²) in [6, 6.07) is 6.82. The zero-order chi connectivity index (χ0) is 12.3. The van der Waals surface area contributed by atoms with Crippen molar-refractivity contribution >= 4 is 0 Å². The summed E-state index contributed by atoms with van der Waals surface area (Å²) in [7, 11) is 0. The summed E-state index contributed by atoms with van der Waals surface area (Å²) < 4.78 is 5.55. The molecule has 94 valence electrons. The minimum atomic E-state index is 0.203. The second-order valence-corrected chi connectivity index (χ2v) is 5.04. The number of rotatable bonds is 3. The van der Waals surface area contributed by atoms with Crippen molar-refractivity contribution in [2.24, 2.45) is 11.8 Å². The van der Waals surface area contributed by atoms with Crippen LogP contribution in [0.25, 0.3) is 0 Å². The van der Waals surface area contributed by atoms with E-state index in [0.29, 0.717) is 5.92 Å². The molecule has 2 unspecified atom stereocenters. The molecule has 0 saturated carbocycles. The second kappa shape index (κ2) is 5.63. The molecule has 1 aliphatic heterocycles. The molecule has 0 aromatic heterocycles. The Morgan fingerprint density at radius 3 is 2.53 bits per heavy atom. The molecule has 0 spiro atoms. The lowest BCUT2D eigenvalue weighted by atomic mass is 9.88. The quantitative estimate of drug-likeness (QED) is 0.623. The molecule has 2 rings (SSSR count). The maximum absolute atomic E-state index is 5.73. The Morgan fingerprint density at radius 1 is 1.29 bits per heavy atom. The lowest BCUT2D eigenvalue weighted by molar-refractivity contribution is 0.0390. The fourth-order valence-corrected chi connectivity index (χ4v) is 2.72. The van der Waals surface area contributed by atoms with Crippen molar-refractivity contribution in [3.63, 3.8) is 0 Å². The Labute approximate surface area is 103 Å². The van der Waals surface area contributed by atoms with Crippen LogP contribution >= 0.6 is 0 Å². The maximum Gasteiger partial charge on any atom is 0.0513 e. The number of benzene rings is 1. The second-order valence-electron chi connectivity index (χ2n) is 5.04. The number of hydrogen-bond donors (Lipinski definition) is 2. The van der Waals surface area contributed by atoms with Crippen molar-refractivity contribution in [2.45, 2.75) is 32.7 Å². The molecule has 2 atom stereocenters. The van der Waals surface area contributed by atoms with Gasteiger partial charge < -0.3 is 4.74 Å². The van der Waals surface area contributed by atoms with Gasteiger partial charge in [-0.25, -0.2) is 0 Å². The minimum Gasteiger partial charge on any atom is -0.381 e. The molecule has 3 nitrogen and oxygen atoms in total. The van der Waals surface area contributed by atoms with Crippen molar-refractivity contribution < 1.29 is 4.74 Å². The van der Waals surface area contributed by atoms with Crippen LogP contribution in [0.15, 0.2) is 18.2 Å². The van der Waals surface area contributed by atoms with Crippen LogP contribution in [0.1, 0.15) is 35.6 Å². The lowest BCUT2D eigenvalue weighted by Gasteiger charge is -2.30. The summed E-state index contributed by atoms with van der Waals surface area (Å²) in [6.07, 6.45) is 2.31. The SMILES string of the molecule is Cc1cc(C)cc(C(NN)C2CCCOC2)c1. The molecule has 0 amide bonds. The van der Waals surface area contributed by atoms with E-state index < -0.39 is 0 Å². The number of hydrazine groups is 1. The van der Waals surface area contributed by atoms with Crippen LogP contribution in [0.5, 0.6) is 0 Å². The van der Waals surface area contributed by atoms with Gasteiger partial charge in [0.05, 0.1) is 12.6 Å². The molecule has 1 fully saturated rings. The van der Waals surface area contributed by atoms with Crippen molar-refractivity contribution in [3.8, 4) is 0 Å². The highest BCUT2D eigenvalue weighted by atomic mass is 16.5. The van der Waals surface area contributed by atoms with E-state index in [4.69, 9.17) is 10.6 Å². The largest absolute Gasteiger partial charge is 0.381 e. The Balaban J connectivity index is 2.21. The van der Waals surface area contributed by atoms with Gasteiger partial charge >= 0.3 is 0 Å². The lowest BCUT2D eigenvalue weighted by Crippen LogP contribution is -2.37. The molecule has 3 N–H and O–H groups in total. The van der Waals surface area contributed by atoms with Crippen molar-refractivity contribution in [2.75, 3.05) is 13.2 Å². The first-order valence-corrected chi connectivity index (χ1v) is 6.33. The molecule has 0 aliphatic carbocycles. The number of nitrogens with one attached hydrogen (secondary N) is 1. The van der Waals surface area contributed by atoms with Crippen molar-refractivity contribution in [1.82, 2.24) is 5.43 Å². The highest BCUT2D eigenvalue weighted by Crippen LogP contribution is 2.29. The van der Waals surface area contributed by atoms with Crippen LogP contribution < -0.4 is 11.3 Å². The summed E-state index contributed by atoms with van der Waals surface area (Å²) in [5, 5.41) is 0. The zero-order valence-electron chi connectivity index (χ0n) is 10.7. The van der Waals surface area contributed by atoms with Crippen LogP contribution in [0, 0.1) is 19.8 Å². The fourth-order valence-electron chi connectivity index (χ4n) is 2.72. The molecule has 1 heterocycles. The van der Waals surface area contributed by atoms with Gasteiger partial charge in [0.2, 0.25) is 0 Å². The van der Waals surface area contributed by atoms with E-state index in [2.05, 4.69) is 37.5 Å². The molecule has 3 heteroatoms. The highest BCUT2D eigenvalue weighted by molar-refractivity contribution is 5.31. The van der Waals surface area contributed by atoms with Gasteiger partial charge in [0, 0.05) is 12.5 Å². The van der Waals surface area contributed by atoms with Gasteiger partial charge in [-0.3, -0.25) is 11.3 Å². The highest BCUT2D eigenvalue weighted by Gasteiger charge is 2.24. The topological polar surface area (TPSA) is 47.3 Å². The van der Waals surface area contributed by atoms with Crippen molar-refractivity contribution in [1.29, 1.82) is 0 Å². The molecule has 17 heavy (non-hydrogen) atoms. The Kier molecular flexibility index (Phi) is 4.15. The van der Waals surface area contributed by atoms with Crippen LogP contribution in [-0.4, -0.2) is 13.2 Å². The monoisotopic (exact) mass is 234 g/mol. The Morgan fingerprint density at radius 2 is 2.00 bits per heavy atom. The molecule has 1 aliphatic rings. The summed E-state index contributed by atoms with van der Waals surface area (Å²) in [5.74, 6) is 6.21. The molecule has 1 aromatic carbocycles. The van der Waals surface area contributed by atoms with Gasteiger partial charge in [-0.1, -0.05) is 29.3 Å². The Hall–Kier alpha value is -0.900. The Bertz CT molecular complexity index is 352. The van der Waals surface area contributed by atoms with E-state index >= 15 is 0 Å². The summed E-state index contributed by atoms with van der Waals surface area (Å²) in [4.78, 5) is 0. The smallest absolute Gasteiger partial charge is 0.0513 e. The van der Waals surface area contributed by atoms with E-state index in [1.165, 1.54) is 23.1 Å². The summed E-state index contributed by atoms with van der Waals surface area (Å²) in [6.45, 7) is 5.95. The van der Waals surface area contributed by atoms with Crippen LogP contribution in [0.2, 0.25) is 0 Å². The third-order valence-electron chi connectivity index (χ3n) is 3.45. The van der Waals surface area contributed by atoms with Gasteiger partial charge in [-0.2, -0.15) is 0 Å². The van der Waals surface area contributed by atoms with E-state index in [9.17, 15) is 0 Å². The molecular formula is C14H22N2O.